The standard InChI is InChI=1S/C14H17NO5/c1-4-19-14(18)13(9(2)16)20-12-7-5-6-11(8-12)15-10(3)17/h5-8,13H,4H2,1-3H3,(H,15,17). The molecule has 1 rings (SSSR count). The lowest BCUT2D eigenvalue weighted by Gasteiger charge is -2.15. The van der Waals surface area contributed by atoms with Gasteiger partial charge in [-0.1, -0.05) is 6.07 Å². The number of ether oxygens (including phenoxy) is 2. The molecule has 1 atom stereocenters. The third kappa shape index (κ3) is 4.72. The van der Waals surface area contributed by atoms with Gasteiger partial charge in [0, 0.05) is 18.7 Å². The molecule has 0 aliphatic carbocycles. The van der Waals surface area contributed by atoms with Crippen LogP contribution in [0, 0.1) is 0 Å². The number of benzene rings is 1. The lowest BCUT2D eigenvalue weighted by atomic mass is 10.2. The molecular weight excluding hydrogens is 262 g/mol. The predicted molar refractivity (Wildman–Crippen MR) is 72.5 cm³/mol. The fraction of sp³-hybridized carbons (Fsp3) is 0.357. The van der Waals surface area contributed by atoms with Crippen LogP contribution in [-0.4, -0.2) is 30.4 Å². The minimum atomic E-state index is -1.30. The summed E-state index contributed by atoms with van der Waals surface area (Å²) in [6.07, 6.45) is -1.30. The highest BCUT2D eigenvalue weighted by Crippen LogP contribution is 2.19. The Labute approximate surface area is 117 Å². The van der Waals surface area contributed by atoms with Gasteiger partial charge in [-0.2, -0.15) is 0 Å². The van der Waals surface area contributed by atoms with Crippen LogP contribution in [0.1, 0.15) is 20.8 Å². The maximum absolute atomic E-state index is 11.6. The van der Waals surface area contributed by atoms with E-state index in [1.165, 1.54) is 19.9 Å². The van der Waals surface area contributed by atoms with Crippen LogP contribution >= 0.6 is 0 Å². The van der Waals surface area contributed by atoms with E-state index >= 15 is 0 Å². The number of hydrogen-bond donors (Lipinski definition) is 1. The van der Waals surface area contributed by atoms with Gasteiger partial charge in [-0.3, -0.25) is 9.59 Å². The molecular formula is C14H17NO5. The molecule has 1 aromatic rings. The van der Waals surface area contributed by atoms with Gasteiger partial charge in [-0.05, 0) is 26.0 Å². The Kier molecular flexibility index (Phi) is 5.71. The second-order valence-electron chi connectivity index (χ2n) is 4.07. The first-order valence-electron chi connectivity index (χ1n) is 6.15. The van der Waals surface area contributed by atoms with Crippen molar-refractivity contribution in [3.63, 3.8) is 0 Å². The summed E-state index contributed by atoms with van der Waals surface area (Å²) in [5.41, 5.74) is 0.515. The molecule has 6 nitrogen and oxygen atoms in total. The zero-order valence-corrected chi connectivity index (χ0v) is 11.6. The van der Waals surface area contributed by atoms with Crippen LogP contribution in [0.4, 0.5) is 5.69 Å². The Morgan fingerprint density at radius 2 is 1.95 bits per heavy atom. The van der Waals surface area contributed by atoms with Gasteiger partial charge in [-0.25, -0.2) is 4.79 Å². The molecule has 0 saturated carbocycles. The number of esters is 1. The van der Waals surface area contributed by atoms with Gasteiger partial charge >= 0.3 is 5.97 Å². The number of hydrogen-bond acceptors (Lipinski definition) is 5. The number of carbonyl (C=O) groups is 3. The number of amides is 1. The van der Waals surface area contributed by atoms with Crippen LogP contribution in [-0.2, 0) is 19.1 Å². The van der Waals surface area contributed by atoms with Crippen molar-refractivity contribution in [1.82, 2.24) is 0 Å². The lowest BCUT2D eigenvalue weighted by molar-refractivity contribution is -0.155. The molecule has 0 spiro atoms. The maximum Gasteiger partial charge on any atom is 0.355 e. The normalized spacial score (nSPS) is 11.3. The van der Waals surface area contributed by atoms with E-state index in [0.29, 0.717) is 11.4 Å². The first-order chi connectivity index (χ1) is 9.43. The van der Waals surface area contributed by atoms with E-state index in [2.05, 4.69) is 5.32 Å². The minimum absolute atomic E-state index is 0.165. The van der Waals surface area contributed by atoms with Gasteiger partial charge in [0.25, 0.3) is 6.10 Å². The van der Waals surface area contributed by atoms with E-state index in [-0.39, 0.29) is 12.5 Å². The molecule has 108 valence electrons. The zero-order valence-electron chi connectivity index (χ0n) is 11.6. The molecule has 1 amide bonds. The molecule has 0 radical (unpaired) electrons. The minimum Gasteiger partial charge on any atom is -0.471 e. The molecule has 20 heavy (non-hydrogen) atoms. The molecule has 0 bridgehead atoms. The first-order valence-corrected chi connectivity index (χ1v) is 6.15. The second kappa shape index (κ2) is 7.28. The summed E-state index contributed by atoms with van der Waals surface area (Å²) in [5, 5.41) is 2.58. The Morgan fingerprint density at radius 1 is 1.25 bits per heavy atom. The number of anilines is 1. The van der Waals surface area contributed by atoms with Crippen molar-refractivity contribution in [3.8, 4) is 5.75 Å². The molecule has 0 heterocycles. The number of rotatable bonds is 6. The number of carbonyl (C=O) groups excluding carboxylic acids is 3. The molecule has 1 N–H and O–H groups in total. The molecule has 0 fully saturated rings. The Balaban J connectivity index is 2.85. The van der Waals surface area contributed by atoms with Gasteiger partial charge in [-0.15, -0.1) is 0 Å². The highest BCUT2D eigenvalue weighted by atomic mass is 16.6. The largest absolute Gasteiger partial charge is 0.471 e. The summed E-state index contributed by atoms with van der Waals surface area (Å²) in [7, 11) is 0. The number of nitrogens with one attached hydrogen (secondary N) is 1. The summed E-state index contributed by atoms with van der Waals surface area (Å²) >= 11 is 0. The van der Waals surface area contributed by atoms with Crippen molar-refractivity contribution >= 4 is 23.3 Å². The Bertz CT molecular complexity index is 512. The van der Waals surface area contributed by atoms with E-state index in [1.54, 1.807) is 25.1 Å². The monoisotopic (exact) mass is 279 g/mol. The van der Waals surface area contributed by atoms with E-state index in [0.717, 1.165) is 0 Å². The van der Waals surface area contributed by atoms with Gasteiger partial charge in [0.2, 0.25) is 5.91 Å². The van der Waals surface area contributed by atoms with E-state index in [1.807, 2.05) is 0 Å². The van der Waals surface area contributed by atoms with E-state index in [9.17, 15) is 14.4 Å². The lowest BCUT2D eigenvalue weighted by Crippen LogP contribution is -2.35. The number of ketones is 1. The fourth-order valence-electron chi connectivity index (χ4n) is 1.50. The van der Waals surface area contributed by atoms with Crippen molar-refractivity contribution in [2.45, 2.75) is 26.9 Å². The quantitative estimate of drug-likeness (QED) is 0.631. The van der Waals surface area contributed by atoms with Gasteiger partial charge in [0.1, 0.15) is 5.75 Å². The van der Waals surface area contributed by atoms with Gasteiger partial charge in [0.15, 0.2) is 5.78 Å². The molecule has 0 aliphatic heterocycles. The molecule has 0 aliphatic rings. The third-order valence-corrected chi connectivity index (χ3v) is 2.28. The van der Waals surface area contributed by atoms with Crippen LogP contribution in [0.2, 0.25) is 0 Å². The summed E-state index contributed by atoms with van der Waals surface area (Å²) < 4.78 is 10.1. The van der Waals surface area contributed by atoms with Crippen LogP contribution in [0.15, 0.2) is 24.3 Å². The van der Waals surface area contributed by atoms with E-state index < -0.39 is 17.9 Å². The SMILES string of the molecule is CCOC(=O)C(Oc1cccc(NC(C)=O)c1)C(C)=O. The Hall–Kier alpha value is -2.37. The molecule has 1 aromatic carbocycles. The first kappa shape index (κ1) is 15.7. The predicted octanol–water partition coefficient (Wildman–Crippen LogP) is 1.54. The molecule has 0 aromatic heterocycles. The molecule has 1 unspecified atom stereocenters. The fourth-order valence-corrected chi connectivity index (χ4v) is 1.50. The summed E-state index contributed by atoms with van der Waals surface area (Å²) in [6, 6.07) is 6.42. The van der Waals surface area contributed by atoms with Crippen LogP contribution < -0.4 is 10.1 Å². The summed E-state index contributed by atoms with van der Waals surface area (Å²) in [6.45, 7) is 4.44. The zero-order chi connectivity index (χ0) is 15.1. The van der Waals surface area contributed by atoms with Crippen molar-refractivity contribution in [2.24, 2.45) is 0 Å². The van der Waals surface area contributed by atoms with Crippen molar-refractivity contribution < 1.29 is 23.9 Å². The Morgan fingerprint density at radius 3 is 2.50 bits per heavy atom. The van der Waals surface area contributed by atoms with Crippen molar-refractivity contribution in [1.29, 1.82) is 0 Å². The number of Topliss-reactive ketones (excluding diaryl/α,β-unsaturated/α-hetero) is 1. The van der Waals surface area contributed by atoms with Crippen molar-refractivity contribution in [2.75, 3.05) is 11.9 Å². The molecule has 6 heteroatoms. The second-order valence-corrected chi connectivity index (χ2v) is 4.07. The molecule has 0 saturated heterocycles. The van der Waals surface area contributed by atoms with E-state index in [4.69, 9.17) is 9.47 Å². The van der Waals surface area contributed by atoms with Gasteiger partial charge in [0.05, 0.1) is 6.61 Å². The van der Waals surface area contributed by atoms with Crippen molar-refractivity contribution in [3.05, 3.63) is 24.3 Å². The highest BCUT2D eigenvalue weighted by Gasteiger charge is 2.26. The maximum atomic E-state index is 11.6. The average Bonchev–Trinajstić information content (AvgIpc) is 2.35. The third-order valence-electron chi connectivity index (χ3n) is 2.28. The average molecular weight is 279 g/mol. The highest BCUT2D eigenvalue weighted by molar-refractivity contribution is 6.01. The summed E-state index contributed by atoms with van der Waals surface area (Å²) in [5.74, 6) is -1.11. The van der Waals surface area contributed by atoms with Crippen LogP contribution in [0.3, 0.4) is 0 Å². The van der Waals surface area contributed by atoms with Crippen LogP contribution in [0.5, 0.6) is 5.75 Å². The smallest absolute Gasteiger partial charge is 0.355 e. The summed E-state index contributed by atoms with van der Waals surface area (Å²) in [4.78, 5) is 34.0. The topological polar surface area (TPSA) is 81.7 Å². The van der Waals surface area contributed by atoms with Crippen LogP contribution in [0.25, 0.3) is 0 Å². The van der Waals surface area contributed by atoms with Gasteiger partial charge < -0.3 is 14.8 Å².